The van der Waals surface area contributed by atoms with E-state index in [-0.39, 0.29) is 18.5 Å². The molecule has 0 aromatic heterocycles. The first-order valence-corrected chi connectivity index (χ1v) is 32.8. The molecule has 6 heteroatoms. The third-order valence-electron chi connectivity index (χ3n) is 15.1. The fourth-order valence-corrected chi connectivity index (χ4v) is 10.1. The van der Waals surface area contributed by atoms with E-state index >= 15 is 0 Å². The SMILES string of the molecule is CCCCCCCCC/C=C\CCCCCCCC(=O)OCCCCCCCCCCCCCC/C=C\CCCCCCCCCCCC(=O)NC(CO)C(O)/C=C/CCCCCCCCCCCCCCC. The molecule has 0 heterocycles. The van der Waals surface area contributed by atoms with Gasteiger partial charge in [0.15, 0.2) is 0 Å². The minimum atomic E-state index is -0.846. The summed E-state index contributed by atoms with van der Waals surface area (Å²) in [6.07, 6.45) is 79.1. The summed E-state index contributed by atoms with van der Waals surface area (Å²) in [5.41, 5.74) is 0. The van der Waals surface area contributed by atoms with E-state index in [1.165, 1.54) is 283 Å². The number of aliphatic hydroxyl groups is 2. The van der Waals surface area contributed by atoms with Crippen LogP contribution in [0, 0.1) is 0 Å². The molecule has 1 amide bonds. The highest BCUT2D eigenvalue weighted by atomic mass is 16.5. The Kier molecular flexibility index (Phi) is 61.0. The molecule has 0 aliphatic heterocycles. The number of hydrogen-bond donors (Lipinski definition) is 3. The van der Waals surface area contributed by atoms with Crippen molar-refractivity contribution in [1.29, 1.82) is 0 Å². The van der Waals surface area contributed by atoms with Crippen LogP contribution in [0.3, 0.4) is 0 Å². The number of unbranched alkanes of at least 4 members (excludes halogenated alkanes) is 46. The minimum Gasteiger partial charge on any atom is -0.466 e. The van der Waals surface area contributed by atoms with E-state index < -0.39 is 12.1 Å². The Morgan fingerprint density at radius 2 is 0.644 bits per heavy atom. The molecule has 2 unspecified atom stereocenters. The van der Waals surface area contributed by atoms with Crippen molar-refractivity contribution in [1.82, 2.24) is 5.32 Å². The van der Waals surface area contributed by atoms with Gasteiger partial charge in [-0.2, -0.15) is 0 Å². The van der Waals surface area contributed by atoms with E-state index in [0.717, 1.165) is 44.9 Å². The van der Waals surface area contributed by atoms with Crippen LogP contribution in [0.25, 0.3) is 0 Å². The molecule has 0 spiro atoms. The van der Waals surface area contributed by atoms with Gasteiger partial charge in [0.1, 0.15) is 0 Å². The lowest BCUT2D eigenvalue weighted by Gasteiger charge is -2.20. The second-order valence-electron chi connectivity index (χ2n) is 22.4. The number of allylic oxidation sites excluding steroid dienone is 5. The van der Waals surface area contributed by atoms with Crippen molar-refractivity contribution < 1.29 is 24.5 Å². The van der Waals surface area contributed by atoms with E-state index in [2.05, 4.69) is 43.5 Å². The summed E-state index contributed by atoms with van der Waals surface area (Å²) >= 11 is 0. The summed E-state index contributed by atoms with van der Waals surface area (Å²) in [5.74, 6) is -0.0639. The standard InChI is InChI=1S/C67H127NO5/c1-3-5-7-9-11-13-15-17-19-33-37-41-45-49-53-57-61-67(72)73-62-58-54-50-46-42-38-34-30-28-26-24-22-20-21-23-25-27-29-32-36-40-44-48-52-56-60-66(71)68-64(63-69)65(70)59-55-51-47-43-39-35-31-18-16-14-12-10-8-6-4-2/h19,21,23,33,55,59,64-65,69-70H,3-18,20,22,24-32,34-54,56-58,60-63H2,1-2H3,(H,68,71)/b23-21-,33-19-,59-55+. The van der Waals surface area contributed by atoms with Gasteiger partial charge in [-0.25, -0.2) is 0 Å². The largest absolute Gasteiger partial charge is 0.466 e. The number of nitrogens with one attached hydrogen (secondary N) is 1. The van der Waals surface area contributed by atoms with E-state index in [1.54, 1.807) is 6.08 Å². The Bertz CT molecular complexity index is 1180. The highest BCUT2D eigenvalue weighted by Gasteiger charge is 2.18. The zero-order valence-corrected chi connectivity index (χ0v) is 49.1. The van der Waals surface area contributed by atoms with Gasteiger partial charge in [0.05, 0.1) is 25.4 Å². The number of hydrogen-bond acceptors (Lipinski definition) is 5. The zero-order chi connectivity index (χ0) is 52.9. The number of ether oxygens (including phenoxy) is 1. The highest BCUT2D eigenvalue weighted by molar-refractivity contribution is 5.76. The highest BCUT2D eigenvalue weighted by Crippen LogP contribution is 2.17. The average molecular weight is 1030 g/mol. The van der Waals surface area contributed by atoms with Crippen LogP contribution in [-0.2, 0) is 14.3 Å². The lowest BCUT2D eigenvalue weighted by molar-refractivity contribution is -0.143. The third kappa shape index (κ3) is 59.2. The lowest BCUT2D eigenvalue weighted by Crippen LogP contribution is -2.45. The summed E-state index contributed by atoms with van der Waals surface area (Å²) in [6, 6.07) is -0.630. The maximum atomic E-state index is 12.5. The lowest BCUT2D eigenvalue weighted by atomic mass is 10.0. The van der Waals surface area contributed by atoms with E-state index in [1.807, 2.05) is 6.08 Å². The molecule has 0 rings (SSSR count). The summed E-state index contributed by atoms with van der Waals surface area (Å²) in [5, 5.41) is 23.1. The van der Waals surface area contributed by atoms with Crippen LogP contribution in [0.1, 0.15) is 354 Å². The topological polar surface area (TPSA) is 95.9 Å². The van der Waals surface area contributed by atoms with Crippen LogP contribution < -0.4 is 5.32 Å². The second-order valence-corrected chi connectivity index (χ2v) is 22.4. The molecule has 430 valence electrons. The molecule has 6 nitrogen and oxygen atoms in total. The predicted octanol–water partition coefficient (Wildman–Crippen LogP) is 20.8. The van der Waals surface area contributed by atoms with Crippen LogP contribution in [0.2, 0.25) is 0 Å². The Balaban J connectivity index is 3.41. The Morgan fingerprint density at radius 3 is 0.973 bits per heavy atom. The maximum absolute atomic E-state index is 12.5. The first-order chi connectivity index (χ1) is 36.0. The van der Waals surface area contributed by atoms with Crippen molar-refractivity contribution in [3.8, 4) is 0 Å². The molecule has 0 saturated heterocycles. The van der Waals surface area contributed by atoms with Gasteiger partial charge in [0.25, 0.3) is 0 Å². The summed E-state index contributed by atoms with van der Waals surface area (Å²) < 4.78 is 5.49. The van der Waals surface area contributed by atoms with Gasteiger partial charge in [-0.1, -0.05) is 294 Å². The Labute approximate surface area is 455 Å². The van der Waals surface area contributed by atoms with Gasteiger partial charge in [-0.3, -0.25) is 9.59 Å². The summed E-state index contributed by atoms with van der Waals surface area (Å²) in [4.78, 5) is 24.5. The molecule has 0 aromatic carbocycles. The van der Waals surface area contributed by atoms with Crippen molar-refractivity contribution >= 4 is 11.9 Å². The molecular weight excluding hydrogens is 899 g/mol. The van der Waals surface area contributed by atoms with Gasteiger partial charge >= 0.3 is 5.97 Å². The Hall–Kier alpha value is -1.92. The van der Waals surface area contributed by atoms with Crippen molar-refractivity contribution in [2.24, 2.45) is 0 Å². The van der Waals surface area contributed by atoms with Crippen molar-refractivity contribution in [3.63, 3.8) is 0 Å². The first-order valence-electron chi connectivity index (χ1n) is 32.8. The minimum absolute atomic E-state index is 0.00579. The smallest absolute Gasteiger partial charge is 0.305 e. The first kappa shape index (κ1) is 71.1. The van der Waals surface area contributed by atoms with Crippen molar-refractivity contribution in [3.05, 3.63) is 36.5 Å². The average Bonchev–Trinajstić information content (AvgIpc) is 3.39. The fraction of sp³-hybridized carbons (Fsp3) is 0.881. The fourth-order valence-electron chi connectivity index (χ4n) is 10.1. The van der Waals surface area contributed by atoms with Gasteiger partial charge in [-0.05, 0) is 83.5 Å². The normalized spacial score (nSPS) is 12.8. The third-order valence-corrected chi connectivity index (χ3v) is 15.1. The van der Waals surface area contributed by atoms with Gasteiger partial charge in [0.2, 0.25) is 5.91 Å². The van der Waals surface area contributed by atoms with Crippen LogP contribution >= 0.6 is 0 Å². The van der Waals surface area contributed by atoms with Crippen LogP contribution in [0.15, 0.2) is 36.5 Å². The van der Waals surface area contributed by atoms with Gasteiger partial charge in [-0.15, -0.1) is 0 Å². The quantitative estimate of drug-likeness (QED) is 0.0320. The zero-order valence-electron chi connectivity index (χ0n) is 49.1. The van der Waals surface area contributed by atoms with E-state index in [9.17, 15) is 19.8 Å². The number of carbonyl (C=O) groups excluding carboxylic acids is 2. The van der Waals surface area contributed by atoms with Gasteiger partial charge in [0, 0.05) is 12.8 Å². The molecule has 0 saturated carbocycles. The molecule has 0 aliphatic carbocycles. The number of aliphatic hydroxyl groups excluding tert-OH is 2. The molecule has 3 N–H and O–H groups in total. The molecular formula is C67H127NO5. The number of rotatable bonds is 61. The molecule has 0 aromatic rings. The monoisotopic (exact) mass is 1030 g/mol. The van der Waals surface area contributed by atoms with Gasteiger partial charge < -0.3 is 20.3 Å². The molecule has 0 radical (unpaired) electrons. The van der Waals surface area contributed by atoms with Crippen LogP contribution in [0.4, 0.5) is 0 Å². The number of carbonyl (C=O) groups is 2. The van der Waals surface area contributed by atoms with E-state index in [4.69, 9.17) is 4.74 Å². The molecule has 0 bridgehead atoms. The maximum Gasteiger partial charge on any atom is 0.305 e. The van der Waals surface area contributed by atoms with Crippen molar-refractivity contribution in [2.75, 3.05) is 13.2 Å². The molecule has 0 aliphatic rings. The summed E-state index contributed by atoms with van der Waals surface area (Å²) in [7, 11) is 0. The Morgan fingerprint density at radius 1 is 0.370 bits per heavy atom. The van der Waals surface area contributed by atoms with E-state index in [0.29, 0.717) is 19.4 Å². The second kappa shape index (κ2) is 62.6. The number of amides is 1. The summed E-state index contributed by atoms with van der Waals surface area (Å²) in [6.45, 7) is 4.91. The predicted molar refractivity (Wildman–Crippen MR) is 319 cm³/mol. The molecule has 0 fully saturated rings. The van der Waals surface area contributed by atoms with Crippen LogP contribution in [-0.4, -0.2) is 47.4 Å². The number of esters is 1. The molecule has 2 atom stereocenters. The molecule has 73 heavy (non-hydrogen) atoms. The van der Waals surface area contributed by atoms with Crippen LogP contribution in [0.5, 0.6) is 0 Å². The van der Waals surface area contributed by atoms with Crippen molar-refractivity contribution in [2.45, 2.75) is 366 Å².